The van der Waals surface area contributed by atoms with Crippen LogP contribution >= 0.6 is 0 Å². The van der Waals surface area contributed by atoms with Gasteiger partial charge < -0.3 is 0 Å². The monoisotopic (exact) mass is 220 g/mol. The smallest absolute Gasteiger partial charge is 0.170 e. The molecule has 0 nitrogen and oxygen atoms in total. The summed E-state index contributed by atoms with van der Waals surface area (Å²) in [5.41, 5.74) is 0. The van der Waals surface area contributed by atoms with Crippen LogP contribution in [0.5, 0.6) is 0 Å². The van der Waals surface area contributed by atoms with Crippen molar-refractivity contribution in [2.24, 2.45) is 11.8 Å². The van der Waals surface area contributed by atoms with Gasteiger partial charge in [-0.2, -0.15) is 26.3 Å². The molecule has 0 radical (unpaired) electrons. The minimum Gasteiger partial charge on any atom is -0.170 e. The minimum atomic E-state index is -4.48. The van der Waals surface area contributed by atoms with Crippen molar-refractivity contribution in [2.75, 3.05) is 0 Å². The molecule has 0 N–H and O–H groups in total. The molecular formula is C8H10F6. The lowest BCUT2D eigenvalue weighted by Crippen LogP contribution is -2.20. The molecule has 0 aliphatic carbocycles. The molecule has 0 bridgehead atoms. The number of alkyl halides is 6. The summed E-state index contributed by atoms with van der Waals surface area (Å²) in [5, 5.41) is 0. The Labute approximate surface area is 77.6 Å². The van der Waals surface area contributed by atoms with E-state index in [-0.39, 0.29) is 0 Å². The van der Waals surface area contributed by atoms with Crippen LogP contribution in [0.15, 0.2) is 12.2 Å². The molecular weight excluding hydrogens is 210 g/mol. The summed E-state index contributed by atoms with van der Waals surface area (Å²) in [6.07, 6.45) is -7.92. The SMILES string of the molecule is CC(C=CC(C)C(F)(F)F)C(F)(F)F. The molecule has 0 saturated heterocycles. The summed E-state index contributed by atoms with van der Waals surface area (Å²) < 4.78 is 71.2. The molecule has 14 heavy (non-hydrogen) atoms. The summed E-state index contributed by atoms with van der Waals surface area (Å²) in [6.45, 7) is 1.61. The van der Waals surface area contributed by atoms with E-state index in [4.69, 9.17) is 0 Å². The first kappa shape index (κ1) is 13.3. The Kier molecular flexibility index (Phi) is 4.02. The fraction of sp³-hybridized carbons (Fsp3) is 0.750. The Morgan fingerprint density at radius 2 is 0.929 bits per heavy atom. The van der Waals surface area contributed by atoms with Crippen molar-refractivity contribution in [3.8, 4) is 0 Å². The summed E-state index contributed by atoms with van der Waals surface area (Å²) in [6, 6.07) is 0. The van der Waals surface area contributed by atoms with Crippen molar-refractivity contribution in [3.63, 3.8) is 0 Å². The number of rotatable bonds is 2. The standard InChI is InChI=1S/C8H10F6/c1-5(7(9,10)11)3-4-6(2)8(12,13)14/h3-6H,1-2H3. The fourth-order valence-corrected chi connectivity index (χ4v) is 0.552. The van der Waals surface area contributed by atoms with Crippen LogP contribution in [0.2, 0.25) is 0 Å². The van der Waals surface area contributed by atoms with E-state index in [0.717, 1.165) is 13.8 Å². The lowest BCUT2D eigenvalue weighted by molar-refractivity contribution is -0.161. The van der Waals surface area contributed by atoms with E-state index in [0.29, 0.717) is 12.2 Å². The van der Waals surface area contributed by atoms with Crippen molar-refractivity contribution in [2.45, 2.75) is 26.2 Å². The summed E-state index contributed by atoms with van der Waals surface area (Å²) >= 11 is 0. The molecule has 0 fully saturated rings. The van der Waals surface area contributed by atoms with E-state index in [1.807, 2.05) is 0 Å². The third kappa shape index (κ3) is 4.53. The number of hydrogen-bond acceptors (Lipinski definition) is 0. The zero-order valence-corrected chi connectivity index (χ0v) is 7.58. The summed E-state index contributed by atoms with van der Waals surface area (Å²) in [4.78, 5) is 0. The molecule has 0 aromatic heterocycles. The van der Waals surface area contributed by atoms with E-state index in [9.17, 15) is 26.3 Å². The van der Waals surface area contributed by atoms with Gasteiger partial charge in [0, 0.05) is 0 Å². The third-order valence-corrected chi connectivity index (χ3v) is 1.72. The van der Waals surface area contributed by atoms with E-state index in [1.54, 1.807) is 0 Å². The highest BCUT2D eigenvalue weighted by Crippen LogP contribution is 2.30. The second kappa shape index (κ2) is 4.23. The summed E-state index contributed by atoms with van der Waals surface area (Å²) in [5.74, 6) is -3.71. The molecule has 2 atom stereocenters. The van der Waals surface area contributed by atoms with Crippen LogP contribution in [0, 0.1) is 11.8 Å². The van der Waals surface area contributed by atoms with E-state index in [1.165, 1.54) is 0 Å². The second-order valence-corrected chi connectivity index (χ2v) is 3.05. The maximum atomic E-state index is 11.9. The van der Waals surface area contributed by atoms with Crippen molar-refractivity contribution in [1.82, 2.24) is 0 Å². The van der Waals surface area contributed by atoms with Gasteiger partial charge in [-0.15, -0.1) is 0 Å². The first-order valence-electron chi connectivity index (χ1n) is 3.87. The molecule has 0 aromatic rings. The van der Waals surface area contributed by atoms with Crippen molar-refractivity contribution in [3.05, 3.63) is 12.2 Å². The highest BCUT2D eigenvalue weighted by molar-refractivity contribution is 4.94. The van der Waals surface area contributed by atoms with Gasteiger partial charge in [-0.3, -0.25) is 0 Å². The predicted molar refractivity (Wildman–Crippen MR) is 39.6 cm³/mol. The average molecular weight is 220 g/mol. The van der Waals surface area contributed by atoms with Gasteiger partial charge in [0.15, 0.2) is 0 Å². The van der Waals surface area contributed by atoms with Gasteiger partial charge in [-0.05, 0) is 0 Å². The van der Waals surface area contributed by atoms with Crippen LogP contribution < -0.4 is 0 Å². The van der Waals surface area contributed by atoms with Crippen LogP contribution in [0.4, 0.5) is 26.3 Å². The number of allylic oxidation sites excluding steroid dienone is 2. The molecule has 0 aliphatic rings. The van der Waals surface area contributed by atoms with Crippen molar-refractivity contribution < 1.29 is 26.3 Å². The molecule has 0 heterocycles. The van der Waals surface area contributed by atoms with Gasteiger partial charge in [-0.1, -0.05) is 26.0 Å². The topological polar surface area (TPSA) is 0 Å². The Morgan fingerprint density at radius 3 is 1.07 bits per heavy atom. The van der Waals surface area contributed by atoms with Crippen LogP contribution in [-0.2, 0) is 0 Å². The van der Waals surface area contributed by atoms with Gasteiger partial charge in [0.05, 0.1) is 11.8 Å². The average Bonchev–Trinajstić information content (AvgIpc) is 1.95. The van der Waals surface area contributed by atoms with E-state index < -0.39 is 24.2 Å². The highest BCUT2D eigenvalue weighted by atomic mass is 19.4. The maximum absolute atomic E-state index is 11.9. The first-order valence-corrected chi connectivity index (χ1v) is 3.87. The van der Waals surface area contributed by atoms with Gasteiger partial charge >= 0.3 is 12.4 Å². The van der Waals surface area contributed by atoms with Crippen LogP contribution in [-0.4, -0.2) is 12.4 Å². The fourth-order valence-electron chi connectivity index (χ4n) is 0.552. The molecule has 0 saturated carbocycles. The lowest BCUT2D eigenvalue weighted by atomic mass is 10.1. The third-order valence-electron chi connectivity index (χ3n) is 1.72. The normalized spacial score (nSPS) is 18.6. The molecule has 0 aromatic carbocycles. The minimum absolute atomic E-state index is 0.526. The zero-order valence-electron chi connectivity index (χ0n) is 7.58. The Balaban J connectivity index is 4.32. The van der Waals surface area contributed by atoms with Crippen molar-refractivity contribution in [1.29, 1.82) is 0 Å². The maximum Gasteiger partial charge on any atom is 0.394 e. The first-order chi connectivity index (χ1) is 6.05. The lowest BCUT2D eigenvalue weighted by Gasteiger charge is -2.14. The van der Waals surface area contributed by atoms with Crippen LogP contribution in [0.1, 0.15) is 13.8 Å². The van der Waals surface area contributed by atoms with Gasteiger partial charge in [0.2, 0.25) is 0 Å². The molecule has 84 valence electrons. The van der Waals surface area contributed by atoms with Crippen LogP contribution in [0.25, 0.3) is 0 Å². The summed E-state index contributed by atoms with van der Waals surface area (Å²) in [7, 11) is 0. The number of halogens is 6. The van der Waals surface area contributed by atoms with Gasteiger partial charge in [0.1, 0.15) is 0 Å². The molecule has 6 heteroatoms. The number of hydrogen-bond donors (Lipinski definition) is 0. The second-order valence-electron chi connectivity index (χ2n) is 3.05. The van der Waals surface area contributed by atoms with E-state index in [2.05, 4.69) is 0 Å². The van der Waals surface area contributed by atoms with Crippen LogP contribution in [0.3, 0.4) is 0 Å². The molecule has 0 amide bonds. The molecule has 2 unspecified atom stereocenters. The van der Waals surface area contributed by atoms with Gasteiger partial charge in [0.25, 0.3) is 0 Å². The largest absolute Gasteiger partial charge is 0.394 e. The van der Waals surface area contributed by atoms with Crippen molar-refractivity contribution >= 4 is 0 Å². The van der Waals surface area contributed by atoms with E-state index >= 15 is 0 Å². The highest BCUT2D eigenvalue weighted by Gasteiger charge is 2.36. The molecule has 0 spiro atoms. The predicted octanol–water partition coefficient (Wildman–Crippen LogP) is 3.94. The molecule has 0 aliphatic heterocycles. The Bertz CT molecular complexity index is 177. The Hall–Kier alpha value is -0.680. The van der Waals surface area contributed by atoms with Gasteiger partial charge in [-0.25, -0.2) is 0 Å². The quantitative estimate of drug-likeness (QED) is 0.488. The Morgan fingerprint density at radius 1 is 0.714 bits per heavy atom. The molecule has 0 rings (SSSR count). The zero-order chi connectivity index (χ0) is 11.6.